The van der Waals surface area contributed by atoms with E-state index in [1.54, 1.807) is 6.20 Å². The molecule has 1 aromatic carbocycles. The fraction of sp³-hybridized carbons (Fsp3) is 0.389. The van der Waals surface area contributed by atoms with Gasteiger partial charge in [-0.05, 0) is 39.3 Å². The van der Waals surface area contributed by atoms with Crippen LogP contribution < -0.4 is 10.1 Å². The number of ether oxygens (including phenoxy) is 1. The molecule has 2 aromatic rings. The van der Waals surface area contributed by atoms with E-state index in [4.69, 9.17) is 4.74 Å². The van der Waals surface area contributed by atoms with Gasteiger partial charge in [-0.25, -0.2) is 4.98 Å². The number of nitrogens with one attached hydrogen (secondary N) is 1. The van der Waals surface area contributed by atoms with Crippen LogP contribution in [0.2, 0.25) is 0 Å². The number of rotatable bonds is 5. The highest BCUT2D eigenvalue weighted by Gasteiger charge is 2.14. The predicted octanol–water partition coefficient (Wildman–Crippen LogP) is 4.11. The fourth-order valence-corrected chi connectivity index (χ4v) is 1.98. The number of aromatic nitrogens is 1. The smallest absolute Gasteiger partial charge is 0.218 e. The Morgan fingerprint density at radius 3 is 2.48 bits per heavy atom. The van der Waals surface area contributed by atoms with Crippen LogP contribution >= 0.6 is 0 Å². The molecule has 0 aliphatic carbocycles. The minimum atomic E-state index is -0.0190. The molecule has 3 nitrogen and oxygen atoms in total. The molecule has 0 fully saturated rings. The predicted molar refractivity (Wildman–Crippen MR) is 86.3 cm³/mol. The van der Waals surface area contributed by atoms with E-state index < -0.39 is 0 Å². The molecule has 1 N–H and O–H groups in total. The Kier molecular flexibility index (Phi) is 4.97. The highest BCUT2D eigenvalue weighted by molar-refractivity contribution is 5.27. The molecule has 0 bridgehead atoms. The van der Waals surface area contributed by atoms with Gasteiger partial charge in [0.25, 0.3) is 0 Å². The second-order valence-corrected chi connectivity index (χ2v) is 6.24. The minimum Gasteiger partial charge on any atom is -0.470 e. The molecule has 3 heteroatoms. The molecule has 0 amide bonds. The van der Waals surface area contributed by atoms with Crippen LogP contribution in [-0.2, 0) is 6.54 Å². The Hall–Kier alpha value is -1.87. The summed E-state index contributed by atoms with van der Waals surface area (Å²) in [6.07, 6.45) is 1.75. The third-order valence-corrected chi connectivity index (χ3v) is 3.22. The first-order valence-corrected chi connectivity index (χ1v) is 7.36. The summed E-state index contributed by atoms with van der Waals surface area (Å²) in [5, 5.41) is 3.47. The minimum absolute atomic E-state index is 0.0190. The molecular weight excluding hydrogens is 260 g/mol. The van der Waals surface area contributed by atoms with Crippen LogP contribution in [0.4, 0.5) is 0 Å². The van der Waals surface area contributed by atoms with Gasteiger partial charge in [-0.3, -0.25) is 0 Å². The first kappa shape index (κ1) is 15.5. The Labute approximate surface area is 127 Å². The first-order chi connectivity index (χ1) is 9.96. The molecule has 0 spiro atoms. The van der Waals surface area contributed by atoms with Crippen LogP contribution in [0.25, 0.3) is 0 Å². The van der Waals surface area contributed by atoms with Crippen molar-refractivity contribution in [1.29, 1.82) is 0 Å². The van der Waals surface area contributed by atoms with E-state index >= 15 is 0 Å². The van der Waals surface area contributed by atoms with Crippen LogP contribution in [0.15, 0.2) is 48.7 Å². The lowest BCUT2D eigenvalue weighted by molar-refractivity contribution is 0.214. The average Bonchev–Trinajstić information content (AvgIpc) is 2.46. The van der Waals surface area contributed by atoms with E-state index in [0.717, 1.165) is 17.7 Å². The van der Waals surface area contributed by atoms with Crippen molar-refractivity contribution in [2.45, 2.75) is 45.9 Å². The van der Waals surface area contributed by atoms with Gasteiger partial charge < -0.3 is 10.1 Å². The van der Waals surface area contributed by atoms with Crippen LogP contribution in [0.3, 0.4) is 0 Å². The van der Waals surface area contributed by atoms with Gasteiger partial charge in [0.2, 0.25) is 5.88 Å². The molecule has 0 radical (unpaired) electrons. The Balaban J connectivity index is 2.09. The largest absolute Gasteiger partial charge is 0.470 e. The molecular formula is C18H24N2O. The van der Waals surface area contributed by atoms with Gasteiger partial charge in [0.05, 0.1) is 0 Å². The molecule has 0 saturated carbocycles. The standard InChI is InChI=1S/C18H24N2O/c1-14(15-9-6-5-7-10-15)21-17-16(11-8-12-19-17)13-20-18(2,3)4/h5-12,14,20H,13H2,1-4H3. The number of benzene rings is 1. The zero-order valence-corrected chi connectivity index (χ0v) is 13.3. The van der Waals surface area contributed by atoms with Gasteiger partial charge in [-0.1, -0.05) is 36.4 Å². The van der Waals surface area contributed by atoms with Gasteiger partial charge in [0.15, 0.2) is 0 Å². The zero-order chi connectivity index (χ0) is 15.3. The van der Waals surface area contributed by atoms with Crippen LogP contribution in [0.5, 0.6) is 5.88 Å². The first-order valence-electron chi connectivity index (χ1n) is 7.36. The van der Waals surface area contributed by atoms with E-state index in [1.807, 2.05) is 31.2 Å². The summed E-state index contributed by atoms with van der Waals surface area (Å²) in [7, 11) is 0. The maximum Gasteiger partial charge on any atom is 0.218 e. The topological polar surface area (TPSA) is 34.1 Å². The van der Waals surface area contributed by atoms with Crippen LogP contribution in [0, 0.1) is 0 Å². The Bertz CT molecular complexity index is 561. The summed E-state index contributed by atoms with van der Waals surface area (Å²) in [4.78, 5) is 4.38. The van der Waals surface area contributed by atoms with Gasteiger partial charge in [-0.2, -0.15) is 0 Å². The number of hydrogen-bond donors (Lipinski definition) is 1. The summed E-state index contributed by atoms with van der Waals surface area (Å²) < 4.78 is 6.05. The zero-order valence-electron chi connectivity index (χ0n) is 13.3. The lowest BCUT2D eigenvalue weighted by Gasteiger charge is -2.22. The third-order valence-electron chi connectivity index (χ3n) is 3.22. The van der Waals surface area contributed by atoms with Crippen molar-refractivity contribution in [2.75, 3.05) is 0 Å². The molecule has 21 heavy (non-hydrogen) atoms. The molecule has 0 aliphatic rings. The fourth-order valence-electron chi connectivity index (χ4n) is 1.98. The SMILES string of the molecule is CC(Oc1ncccc1CNC(C)(C)C)c1ccccc1. The second kappa shape index (κ2) is 6.72. The average molecular weight is 284 g/mol. The van der Waals surface area contributed by atoms with E-state index in [0.29, 0.717) is 5.88 Å². The summed E-state index contributed by atoms with van der Waals surface area (Å²) >= 11 is 0. The maximum absolute atomic E-state index is 6.05. The molecule has 1 heterocycles. The molecule has 1 unspecified atom stereocenters. The number of pyridine rings is 1. The van der Waals surface area contributed by atoms with Gasteiger partial charge in [0.1, 0.15) is 6.10 Å². The van der Waals surface area contributed by atoms with Crippen molar-refractivity contribution >= 4 is 0 Å². The number of nitrogens with zero attached hydrogens (tertiary/aromatic N) is 1. The highest BCUT2D eigenvalue weighted by atomic mass is 16.5. The normalized spacial score (nSPS) is 13.0. The van der Waals surface area contributed by atoms with Gasteiger partial charge >= 0.3 is 0 Å². The summed E-state index contributed by atoms with van der Waals surface area (Å²) in [5.41, 5.74) is 2.30. The molecule has 0 saturated heterocycles. The quantitative estimate of drug-likeness (QED) is 0.897. The van der Waals surface area contributed by atoms with E-state index in [-0.39, 0.29) is 11.6 Å². The molecule has 2 rings (SSSR count). The Morgan fingerprint density at radius 2 is 1.81 bits per heavy atom. The second-order valence-electron chi connectivity index (χ2n) is 6.24. The summed E-state index contributed by atoms with van der Waals surface area (Å²) in [6, 6.07) is 14.2. The van der Waals surface area contributed by atoms with Crippen LogP contribution in [-0.4, -0.2) is 10.5 Å². The summed E-state index contributed by atoms with van der Waals surface area (Å²) in [6.45, 7) is 9.24. The van der Waals surface area contributed by atoms with E-state index in [2.05, 4.69) is 49.3 Å². The van der Waals surface area contributed by atoms with E-state index in [9.17, 15) is 0 Å². The van der Waals surface area contributed by atoms with Crippen molar-refractivity contribution in [2.24, 2.45) is 0 Å². The third kappa shape index (κ3) is 4.87. The van der Waals surface area contributed by atoms with Gasteiger partial charge in [-0.15, -0.1) is 0 Å². The van der Waals surface area contributed by atoms with Crippen molar-refractivity contribution in [3.8, 4) is 5.88 Å². The van der Waals surface area contributed by atoms with Crippen molar-refractivity contribution in [3.05, 3.63) is 59.8 Å². The lowest BCUT2D eigenvalue weighted by Crippen LogP contribution is -2.35. The molecule has 1 aromatic heterocycles. The Morgan fingerprint density at radius 1 is 1.10 bits per heavy atom. The molecule has 112 valence electrons. The summed E-state index contributed by atoms with van der Waals surface area (Å²) in [5.74, 6) is 0.700. The van der Waals surface area contributed by atoms with Crippen molar-refractivity contribution in [3.63, 3.8) is 0 Å². The van der Waals surface area contributed by atoms with Gasteiger partial charge in [0, 0.05) is 23.8 Å². The monoisotopic (exact) mass is 284 g/mol. The molecule has 1 atom stereocenters. The lowest BCUT2D eigenvalue weighted by atomic mass is 10.1. The maximum atomic E-state index is 6.05. The molecule has 0 aliphatic heterocycles. The van der Waals surface area contributed by atoms with Crippen molar-refractivity contribution < 1.29 is 4.74 Å². The van der Waals surface area contributed by atoms with Crippen LogP contribution in [0.1, 0.15) is 44.9 Å². The number of hydrogen-bond acceptors (Lipinski definition) is 3. The highest BCUT2D eigenvalue weighted by Crippen LogP contribution is 2.23. The van der Waals surface area contributed by atoms with Crippen molar-refractivity contribution in [1.82, 2.24) is 10.3 Å². The van der Waals surface area contributed by atoms with E-state index in [1.165, 1.54) is 0 Å².